The number of nitrogens with zero attached hydrogens (tertiary/aromatic N) is 5. The molecule has 1 aliphatic rings. The molecule has 24 heavy (non-hydrogen) atoms. The summed E-state index contributed by atoms with van der Waals surface area (Å²) in [6.45, 7) is 4.10. The number of furan rings is 1. The van der Waals surface area contributed by atoms with Gasteiger partial charge in [0.25, 0.3) is 5.91 Å². The highest BCUT2D eigenvalue weighted by atomic mass is 16.4. The summed E-state index contributed by atoms with van der Waals surface area (Å²) in [6.07, 6.45) is 5.15. The molecule has 0 radical (unpaired) electrons. The van der Waals surface area contributed by atoms with Crippen LogP contribution in [-0.4, -0.2) is 43.5 Å². The molecule has 0 N–H and O–H groups in total. The summed E-state index contributed by atoms with van der Waals surface area (Å²) in [7, 11) is 1.91. The number of carbonyl (C=O) groups excluding carboxylic acids is 1. The zero-order chi connectivity index (χ0) is 16.7. The van der Waals surface area contributed by atoms with Gasteiger partial charge in [-0.25, -0.2) is 0 Å². The van der Waals surface area contributed by atoms with Crippen LogP contribution in [0, 0.1) is 6.92 Å². The molecule has 3 aromatic heterocycles. The molecule has 0 unspecified atom stereocenters. The van der Waals surface area contributed by atoms with Crippen LogP contribution in [0.25, 0.3) is 11.0 Å². The normalized spacial score (nSPS) is 15.3. The molecular weight excluding hydrogens is 306 g/mol. The number of aromatic nitrogens is 4. The highest BCUT2D eigenvalue weighted by Crippen LogP contribution is 2.20. The van der Waals surface area contributed by atoms with Crippen molar-refractivity contribution in [1.82, 2.24) is 24.5 Å². The molecule has 1 aliphatic heterocycles. The predicted molar refractivity (Wildman–Crippen MR) is 88.8 cm³/mol. The van der Waals surface area contributed by atoms with Gasteiger partial charge in [0.15, 0.2) is 5.76 Å². The second-order valence-corrected chi connectivity index (χ2v) is 6.36. The first-order chi connectivity index (χ1) is 11.6. The Morgan fingerprint density at radius 1 is 1.25 bits per heavy atom. The van der Waals surface area contributed by atoms with Gasteiger partial charge < -0.3 is 9.32 Å². The first kappa shape index (κ1) is 15.0. The molecule has 0 saturated carbocycles. The predicted octanol–water partition coefficient (Wildman–Crippen LogP) is 2.35. The van der Waals surface area contributed by atoms with Crippen molar-refractivity contribution in [2.45, 2.75) is 32.7 Å². The highest BCUT2D eigenvalue weighted by molar-refractivity contribution is 5.91. The molecular formula is C17H21N5O2. The lowest BCUT2D eigenvalue weighted by Gasteiger charge is -2.25. The SMILES string of the molecule is Cc1nn(C)c2cnn(Cc3ccc(C(=O)N4CCCCC4)o3)c12. The second-order valence-electron chi connectivity index (χ2n) is 6.36. The Morgan fingerprint density at radius 2 is 2.04 bits per heavy atom. The molecule has 4 heterocycles. The van der Waals surface area contributed by atoms with Crippen LogP contribution in [0.2, 0.25) is 0 Å². The minimum Gasteiger partial charge on any atom is -0.454 e. The summed E-state index contributed by atoms with van der Waals surface area (Å²) >= 11 is 0. The maximum Gasteiger partial charge on any atom is 0.289 e. The van der Waals surface area contributed by atoms with Gasteiger partial charge in [0.2, 0.25) is 0 Å². The molecule has 0 spiro atoms. The van der Waals surface area contributed by atoms with Gasteiger partial charge >= 0.3 is 0 Å². The smallest absolute Gasteiger partial charge is 0.289 e. The molecule has 0 bridgehead atoms. The molecule has 0 aliphatic carbocycles. The number of likely N-dealkylation sites (tertiary alicyclic amines) is 1. The molecule has 0 atom stereocenters. The average Bonchev–Trinajstić information content (AvgIpc) is 3.28. The minimum absolute atomic E-state index is 0.0101. The fourth-order valence-electron chi connectivity index (χ4n) is 3.41. The molecule has 126 valence electrons. The van der Waals surface area contributed by atoms with Crippen molar-refractivity contribution in [3.05, 3.63) is 35.5 Å². The van der Waals surface area contributed by atoms with E-state index in [2.05, 4.69) is 10.2 Å². The fourth-order valence-corrected chi connectivity index (χ4v) is 3.41. The van der Waals surface area contributed by atoms with Crippen molar-refractivity contribution >= 4 is 16.9 Å². The van der Waals surface area contributed by atoms with Crippen LogP contribution in [0.3, 0.4) is 0 Å². The summed E-state index contributed by atoms with van der Waals surface area (Å²) in [5.41, 5.74) is 2.92. The van der Waals surface area contributed by atoms with Crippen molar-refractivity contribution < 1.29 is 9.21 Å². The molecule has 7 heteroatoms. The number of fused-ring (bicyclic) bond motifs is 1. The van der Waals surface area contributed by atoms with E-state index < -0.39 is 0 Å². The third kappa shape index (κ3) is 2.50. The first-order valence-corrected chi connectivity index (χ1v) is 8.36. The maximum absolute atomic E-state index is 12.5. The Morgan fingerprint density at radius 3 is 2.83 bits per heavy atom. The Balaban J connectivity index is 1.55. The molecule has 4 rings (SSSR count). The van der Waals surface area contributed by atoms with Crippen molar-refractivity contribution in [2.75, 3.05) is 13.1 Å². The van der Waals surface area contributed by atoms with Gasteiger partial charge in [0.1, 0.15) is 16.8 Å². The summed E-state index contributed by atoms with van der Waals surface area (Å²) in [5, 5.41) is 8.83. The van der Waals surface area contributed by atoms with Crippen molar-refractivity contribution in [3.8, 4) is 0 Å². The number of hydrogen-bond acceptors (Lipinski definition) is 4. The van der Waals surface area contributed by atoms with Crippen LogP contribution in [0.1, 0.15) is 41.3 Å². The van der Waals surface area contributed by atoms with Crippen LogP contribution in [-0.2, 0) is 13.6 Å². The van der Waals surface area contributed by atoms with Gasteiger partial charge in [-0.1, -0.05) is 0 Å². The average molecular weight is 327 g/mol. The lowest BCUT2D eigenvalue weighted by atomic mass is 10.1. The molecule has 1 fully saturated rings. The standard InChI is InChI=1S/C17H21N5O2/c1-12-16-14(20(2)19-12)10-18-22(16)11-13-6-7-15(24-13)17(23)21-8-4-3-5-9-21/h6-7,10H,3-5,8-9,11H2,1-2H3. The quantitative estimate of drug-likeness (QED) is 0.740. The van der Waals surface area contributed by atoms with Gasteiger partial charge in [-0.05, 0) is 38.3 Å². The Hall–Kier alpha value is -2.57. The van der Waals surface area contributed by atoms with E-state index in [4.69, 9.17) is 4.42 Å². The van der Waals surface area contributed by atoms with E-state index in [1.54, 1.807) is 12.3 Å². The third-order valence-electron chi connectivity index (χ3n) is 4.63. The Labute approximate surface area is 139 Å². The zero-order valence-corrected chi connectivity index (χ0v) is 14.0. The van der Waals surface area contributed by atoms with E-state index in [0.29, 0.717) is 12.3 Å². The Bertz CT molecular complexity index is 882. The number of amides is 1. The zero-order valence-electron chi connectivity index (χ0n) is 14.0. The largest absolute Gasteiger partial charge is 0.454 e. The topological polar surface area (TPSA) is 69.1 Å². The highest BCUT2D eigenvalue weighted by Gasteiger charge is 2.21. The van der Waals surface area contributed by atoms with E-state index in [1.165, 1.54) is 6.42 Å². The van der Waals surface area contributed by atoms with Crippen LogP contribution in [0.15, 0.2) is 22.7 Å². The van der Waals surface area contributed by atoms with Gasteiger partial charge in [-0.3, -0.25) is 14.2 Å². The van der Waals surface area contributed by atoms with E-state index in [9.17, 15) is 4.79 Å². The van der Waals surface area contributed by atoms with E-state index >= 15 is 0 Å². The van der Waals surface area contributed by atoms with Crippen LogP contribution < -0.4 is 0 Å². The third-order valence-corrected chi connectivity index (χ3v) is 4.63. The fraction of sp³-hybridized carbons (Fsp3) is 0.471. The Kier molecular flexibility index (Phi) is 3.63. The van der Waals surface area contributed by atoms with Crippen LogP contribution in [0.4, 0.5) is 0 Å². The van der Waals surface area contributed by atoms with Gasteiger partial charge in [0, 0.05) is 20.1 Å². The number of aryl methyl sites for hydroxylation is 2. The lowest BCUT2D eigenvalue weighted by molar-refractivity contribution is 0.0690. The van der Waals surface area contributed by atoms with Crippen molar-refractivity contribution in [2.24, 2.45) is 7.05 Å². The van der Waals surface area contributed by atoms with Gasteiger partial charge in [0.05, 0.1) is 18.4 Å². The first-order valence-electron chi connectivity index (χ1n) is 8.36. The number of carbonyl (C=O) groups is 1. The van der Waals surface area contributed by atoms with Gasteiger partial charge in [-0.15, -0.1) is 0 Å². The molecule has 7 nitrogen and oxygen atoms in total. The molecule has 0 aromatic carbocycles. The summed E-state index contributed by atoms with van der Waals surface area (Å²) in [6, 6.07) is 3.62. The molecule has 3 aromatic rings. The lowest BCUT2D eigenvalue weighted by Crippen LogP contribution is -2.35. The van der Waals surface area contributed by atoms with Crippen molar-refractivity contribution in [1.29, 1.82) is 0 Å². The van der Waals surface area contributed by atoms with Crippen molar-refractivity contribution in [3.63, 3.8) is 0 Å². The van der Waals surface area contributed by atoms with E-state index in [1.807, 2.05) is 34.3 Å². The summed E-state index contributed by atoms with van der Waals surface area (Å²) in [5.74, 6) is 1.13. The maximum atomic E-state index is 12.5. The number of hydrogen-bond donors (Lipinski definition) is 0. The second kappa shape index (κ2) is 5.81. The summed E-state index contributed by atoms with van der Waals surface area (Å²) in [4.78, 5) is 14.4. The molecule has 1 amide bonds. The van der Waals surface area contributed by atoms with Gasteiger partial charge in [-0.2, -0.15) is 10.2 Å². The number of piperidine rings is 1. The van der Waals surface area contributed by atoms with E-state index in [-0.39, 0.29) is 5.91 Å². The summed E-state index contributed by atoms with van der Waals surface area (Å²) < 4.78 is 9.48. The molecule has 1 saturated heterocycles. The van der Waals surface area contributed by atoms with Crippen LogP contribution in [0.5, 0.6) is 0 Å². The van der Waals surface area contributed by atoms with E-state index in [0.717, 1.165) is 48.4 Å². The number of rotatable bonds is 3. The minimum atomic E-state index is -0.0101. The van der Waals surface area contributed by atoms with Crippen LogP contribution >= 0.6 is 0 Å². The monoisotopic (exact) mass is 327 g/mol.